The van der Waals surface area contributed by atoms with Crippen molar-refractivity contribution in [1.29, 1.82) is 0 Å². The first kappa shape index (κ1) is 115. The zero-order valence-electron chi connectivity index (χ0n) is 79.5. The molecule has 4 aromatic heterocycles. The number of nitrogens with one attached hydrogen (secondary N) is 1. The van der Waals surface area contributed by atoms with Crippen LogP contribution in [0.3, 0.4) is 0 Å². The lowest BCUT2D eigenvalue weighted by molar-refractivity contribution is -0.122. The number of nitrogen functional groups attached to an aromatic ring is 1. The number of ether oxygens (including phenoxy) is 1. The molecule has 4 N–H and O–H groups in total. The Kier molecular flexibility index (Phi) is 45.8. The number of carboxylic acids is 1. The maximum absolute atomic E-state index is 13.3. The minimum absolute atomic E-state index is 0. The number of rotatable bonds is 8. The van der Waals surface area contributed by atoms with Gasteiger partial charge in [0.05, 0.1) is 49.2 Å². The van der Waals surface area contributed by atoms with Crippen LogP contribution in [-0.2, 0) is 82.6 Å². The van der Waals surface area contributed by atoms with Crippen molar-refractivity contribution in [3.8, 4) is 36.0 Å². The number of amides is 1. The number of terminal acetylenes is 1. The van der Waals surface area contributed by atoms with Crippen molar-refractivity contribution >= 4 is 155 Å². The second-order valence-electron chi connectivity index (χ2n) is 33.5. The molecule has 10 aromatic carbocycles. The Balaban J connectivity index is 0.000000204. The van der Waals surface area contributed by atoms with Gasteiger partial charge in [0.15, 0.2) is 0 Å². The fraction of sp³-hybridized carbons (Fsp3) is 0.283. The van der Waals surface area contributed by atoms with Crippen molar-refractivity contribution in [1.82, 2.24) is 58.2 Å². The normalized spacial score (nSPS) is 15.2. The molecule has 0 aliphatic carbocycles. The lowest BCUT2D eigenvalue weighted by Gasteiger charge is -2.30. The van der Waals surface area contributed by atoms with Crippen molar-refractivity contribution in [2.24, 2.45) is 0 Å². The third kappa shape index (κ3) is 34.4. The van der Waals surface area contributed by atoms with Gasteiger partial charge in [0.1, 0.15) is 40.7 Å². The van der Waals surface area contributed by atoms with Gasteiger partial charge in [-0.3, -0.25) is 42.2 Å². The van der Waals surface area contributed by atoms with E-state index in [-0.39, 0.29) is 81.7 Å². The second kappa shape index (κ2) is 56.8. The van der Waals surface area contributed by atoms with E-state index in [1.54, 1.807) is 69.8 Å². The molecule has 1 amide bonds. The molecule has 1 fully saturated rings. The summed E-state index contributed by atoms with van der Waals surface area (Å²) in [7, 11) is 6.06. The fourth-order valence-electron chi connectivity index (χ4n) is 16.0. The number of halogens is 8. The summed E-state index contributed by atoms with van der Waals surface area (Å²) in [6.07, 6.45) is 14.0. The summed E-state index contributed by atoms with van der Waals surface area (Å²) >= 11 is 10.0. The topological polar surface area (TPSA) is 353 Å². The third-order valence-corrected chi connectivity index (χ3v) is 24.9. The van der Waals surface area contributed by atoms with Gasteiger partial charge in [-0.05, 0) is 245 Å². The molecular weight excluding hydrogens is 2110 g/mol. The Bertz CT molecular complexity index is 7310. The summed E-state index contributed by atoms with van der Waals surface area (Å²) in [5.74, 6) is 17.0. The van der Waals surface area contributed by atoms with E-state index >= 15 is 0 Å². The second-order valence-corrected chi connectivity index (χ2v) is 37.1. The molecule has 0 bridgehead atoms. The number of aromatic nitrogens is 8. The van der Waals surface area contributed by atoms with Crippen LogP contribution >= 0.6 is 72.6 Å². The van der Waals surface area contributed by atoms with Gasteiger partial charge in [0.2, 0.25) is 5.91 Å². The van der Waals surface area contributed by atoms with E-state index in [0.717, 1.165) is 150 Å². The van der Waals surface area contributed by atoms with Crippen molar-refractivity contribution in [2.45, 2.75) is 134 Å². The van der Waals surface area contributed by atoms with Gasteiger partial charge in [-0.1, -0.05) is 156 Å². The molecular formula is C106H107Br3Cl2F3N13O14S2. The van der Waals surface area contributed by atoms with E-state index in [2.05, 4.69) is 153 Å². The Hall–Kier alpha value is -12.9. The highest BCUT2D eigenvalue weighted by molar-refractivity contribution is 9.11. The van der Waals surface area contributed by atoms with E-state index < -0.39 is 27.2 Å². The molecule has 27 nitrogen and oxygen atoms in total. The van der Waals surface area contributed by atoms with Gasteiger partial charge in [0.25, 0.3) is 22.2 Å². The zero-order valence-corrected chi connectivity index (χ0v) is 87.5. The smallest absolute Gasteiger partial charge is 0.425 e. The number of benzene rings is 10. The molecule has 0 saturated carbocycles. The number of carbonyl (C=O) groups excluding carboxylic acids is 1. The van der Waals surface area contributed by atoms with E-state index in [1.807, 2.05) is 136 Å². The average molecular weight is 2220 g/mol. The molecule has 1 saturated heterocycles. The first-order valence-corrected chi connectivity index (χ1v) is 49.3. The van der Waals surface area contributed by atoms with Gasteiger partial charge in [-0.2, -0.15) is 0 Å². The number of carboxylic acid groups (broad SMARTS) is 1. The Labute approximate surface area is 866 Å². The van der Waals surface area contributed by atoms with Crippen LogP contribution in [0.25, 0.3) is 43.6 Å². The SMILES string of the molecule is C#Cc1cccc(F)c1.CCOCC.CN(C)C1CCc2nc3cc(Br)ccc3c(=O)n2C1.CN(C)C1CCc2nc3cc(C#Cc4cccc(F)c4)ccc3c(=O)n2C1.CN(C)C1CCc2nc3cc(C#Cc4cccc(F)c4)ccc3c(=O)n2C1.Cl.Cl.Nc1cc(Br)ccc1C(=O)O.O=C1CCC(c2ccccc2)CN1.O=S(=O)=O.O=S(=O)=O.O=c1c2ccc(Br)cc2nc2n1CC(c1ccccc1)CC2. The average Bonchev–Trinajstić information content (AvgIpc) is 0.783. The first-order chi connectivity index (χ1) is 67.5. The number of aryl methyl sites for hydroxylation is 4. The molecule has 5 aliphatic heterocycles. The zero-order chi connectivity index (χ0) is 102. The number of fused-ring (bicyclic) bond motifs is 8. The van der Waals surface area contributed by atoms with Crippen molar-refractivity contribution in [3.63, 3.8) is 0 Å². The standard InChI is InChI=1S/2C22H20FN3O.C18H15BrN2O.C14H16BrN3O.C11H13NO.C8H5F.C7H6BrNO2.C4H10O.2ClH.2O3S/c2*1-25(2)18-9-11-21-24-20-13-16(7-6-15-4-3-5-17(23)12-15)8-10-19(20)22(27)26(21)14-18;19-14-7-8-15-16(10-14)20-17-9-6-13(11-21(17)18(15)22)12-4-2-1-3-5-12;1-17(2)10-4-6-13-16-12-7-9(15)3-5-11(12)14(19)18(13)8-10;13-11-7-6-10(8-12-11)9-4-2-1-3-5-9;1-2-7-4-3-5-8(9)6-7;8-4-1-2-5(7(10)11)6(9)3-4;1-3-5-4-2;;;2*1-4(2)3/h2*3-5,8,10,12-13,18H,9,11,14H2,1-2H3;1-5,7-8,10,13H,6,9,11H2;3,5,7,10H,4,6,8H2,1-2H3;1-5,10H,6-8H2,(H,12,13);1,3-6H;1-3H,9H2,(H,10,11);3-4H2,1-2H3;2*1H;;. The Morgan fingerprint density at radius 1 is 0.427 bits per heavy atom. The highest BCUT2D eigenvalue weighted by atomic mass is 79.9. The monoisotopic (exact) mass is 2210 g/mol. The van der Waals surface area contributed by atoms with Gasteiger partial charge in [0, 0.05) is 155 Å². The fourth-order valence-corrected chi connectivity index (χ4v) is 17.1. The van der Waals surface area contributed by atoms with Crippen molar-refractivity contribution in [2.75, 3.05) is 67.8 Å². The predicted octanol–water partition coefficient (Wildman–Crippen LogP) is 16.6. The van der Waals surface area contributed by atoms with Crippen LogP contribution in [-0.4, -0.2) is 175 Å². The molecule has 748 valence electrons. The Morgan fingerprint density at radius 2 is 0.741 bits per heavy atom. The maximum atomic E-state index is 13.3. The summed E-state index contributed by atoms with van der Waals surface area (Å²) in [6.45, 7) is 9.26. The van der Waals surface area contributed by atoms with Crippen LogP contribution in [0.4, 0.5) is 18.9 Å². The van der Waals surface area contributed by atoms with Crippen LogP contribution in [0.5, 0.6) is 0 Å². The number of carbonyl (C=O) groups is 2. The lowest BCUT2D eigenvalue weighted by atomic mass is 9.91. The van der Waals surface area contributed by atoms with E-state index in [0.29, 0.717) is 98.7 Å². The summed E-state index contributed by atoms with van der Waals surface area (Å²) < 4.78 is 104. The molecule has 5 aliphatic rings. The minimum atomic E-state index is -3.11. The molecule has 9 heterocycles. The Morgan fingerprint density at radius 3 is 1.06 bits per heavy atom. The van der Waals surface area contributed by atoms with Gasteiger partial charge in [-0.15, -0.1) is 56.5 Å². The summed E-state index contributed by atoms with van der Waals surface area (Å²) in [5, 5.41) is 14.1. The number of nitrogens with two attached hydrogens (primary N) is 1. The van der Waals surface area contributed by atoms with Crippen molar-refractivity contribution in [3.05, 3.63) is 365 Å². The molecule has 14 aromatic rings. The largest absolute Gasteiger partial charge is 0.478 e. The first-order valence-electron chi connectivity index (χ1n) is 45.0. The molecule has 5 unspecified atom stereocenters. The number of anilines is 1. The van der Waals surface area contributed by atoms with E-state index in [4.69, 9.17) is 62.2 Å². The van der Waals surface area contributed by atoms with E-state index in [1.165, 1.54) is 53.6 Å². The van der Waals surface area contributed by atoms with Gasteiger partial charge >= 0.3 is 27.2 Å². The predicted molar refractivity (Wildman–Crippen MR) is 566 cm³/mol. The summed E-state index contributed by atoms with van der Waals surface area (Å²) in [6, 6.07) is 67.1. The van der Waals surface area contributed by atoms with Gasteiger partial charge in [-0.25, -0.2) is 37.9 Å². The van der Waals surface area contributed by atoms with Crippen LogP contribution < -0.4 is 33.3 Å². The molecule has 19 rings (SSSR count). The maximum Gasteiger partial charge on any atom is 0.425 e. The highest BCUT2D eigenvalue weighted by Crippen LogP contribution is 2.31. The molecule has 0 radical (unpaired) electrons. The minimum Gasteiger partial charge on any atom is -0.478 e. The number of hydrogen-bond acceptors (Lipinski definition) is 21. The van der Waals surface area contributed by atoms with Crippen LogP contribution in [0, 0.1) is 53.5 Å². The molecule has 37 heteroatoms. The number of nitrogens with zero attached hydrogens (tertiary/aromatic N) is 11. The quantitative estimate of drug-likeness (QED) is 0.0939. The molecule has 0 spiro atoms. The summed E-state index contributed by atoms with van der Waals surface area (Å²) in [4.78, 5) is 97.7. The number of hydrogen-bond donors (Lipinski definition) is 3. The molecule has 5 atom stereocenters. The van der Waals surface area contributed by atoms with Gasteiger partial charge < -0.3 is 35.6 Å². The van der Waals surface area contributed by atoms with Crippen LogP contribution in [0.15, 0.2) is 257 Å². The van der Waals surface area contributed by atoms with E-state index in [9.17, 15) is 41.9 Å². The number of piperidine rings is 1. The van der Waals surface area contributed by atoms with Crippen LogP contribution in [0.2, 0.25) is 0 Å². The molecule has 143 heavy (non-hydrogen) atoms. The van der Waals surface area contributed by atoms with Crippen LogP contribution in [0.1, 0.15) is 137 Å². The highest BCUT2D eigenvalue weighted by Gasteiger charge is 2.28. The third-order valence-electron chi connectivity index (χ3n) is 23.5. The summed E-state index contributed by atoms with van der Waals surface area (Å²) in [5.41, 5.74) is 14.8. The number of aromatic carboxylic acids is 1. The van der Waals surface area contributed by atoms with Crippen molar-refractivity contribution < 1.29 is 57.9 Å². The lowest BCUT2D eigenvalue weighted by Crippen LogP contribution is -2.41. The number of likely N-dealkylation sites (N-methyl/N-ethyl adjacent to an activating group) is 3.